The average Bonchev–Trinajstić information content (AvgIpc) is 2.60. The predicted octanol–water partition coefficient (Wildman–Crippen LogP) is 3.10. The van der Waals surface area contributed by atoms with Gasteiger partial charge in [0.2, 0.25) is 5.91 Å². The molecule has 1 aliphatic rings. The highest BCUT2D eigenvalue weighted by molar-refractivity contribution is 5.92. The second kappa shape index (κ2) is 9.15. The lowest BCUT2D eigenvalue weighted by Crippen LogP contribution is -2.39. The van der Waals surface area contributed by atoms with Gasteiger partial charge in [-0.15, -0.1) is 0 Å². The third-order valence-corrected chi connectivity index (χ3v) is 3.97. The molecule has 25 heavy (non-hydrogen) atoms. The van der Waals surface area contributed by atoms with Gasteiger partial charge in [0.25, 0.3) is 0 Å². The van der Waals surface area contributed by atoms with Crippen molar-refractivity contribution in [3.8, 4) is 5.75 Å². The van der Waals surface area contributed by atoms with Crippen LogP contribution in [0.4, 0.5) is 8.78 Å². The van der Waals surface area contributed by atoms with Crippen LogP contribution in [0.1, 0.15) is 25.3 Å². The fraction of sp³-hybridized carbons (Fsp3) is 0.444. The van der Waals surface area contributed by atoms with Gasteiger partial charge >= 0.3 is 12.6 Å². The number of benzene rings is 1. The van der Waals surface area contributed by atoms with E-state index in [-0.39, 0.29) is 23.5 Å². The second-order valence-electron chi connectivity index (χ2n) is 5.60. The van der Waals surface area contributed by atoms with Crippen LogP contribution >= 0.6 is 0 Å². The van der Waals surface area contributed by atoms with Crippen molar-refractivity contribution in [3.05, 3.63) is 35.9 Å². The zero-order valence-corrected chi connectivity index (χ0v) is 14.0. The van der Waals surface area contributed by atoms with Gasteiger partial charge in [-0.3, -0.25) is 9.59 Å². The Kier molecular flexibility index (Phi) is 6.91. The summed E-state index contributed by atoms with van der Waals surface area (Å²) < 4.78 is 34.2. The molecule has 1 heterocycles. The quantitative estimate of drug-likeness (QED) is 0.582. The van der Waals surface area contributed by atoms with E-state index in [0.29, 0.717) is 38.1 Å². The molecule has 1 aromatic carbocycles. The topological polar surface area (TPSA) is 55.8 Å². The first-order chi connectivity index (χ1) is 12.0. The molecule has 1 saturated heterocycles. The summed E-state index contributed by atoms with van der Waals surface area (Å²) in [6, 6.07) is 6.26. The Morgan fingerprint density at radius 3 is 2.60 bits per heavy atom. The summed E-state index contributed by atoms with van der Waals surface area (Å²) in [5, 5.41) is 0. The van der Waals surface area contributed by atoms with E-state index in [9.17, 15) is 18.4 Å². The number of nitrogens with zero attached hydrogens (tertiary/aromatic N) is 1. The number of halogens is 2. The van der Waals surface area contributed by atoms with Gasteiger partial charge in [0.15, 0.2) is 0 Å². The Bertz CT molecular complexity index is 625. The lowest BCUT2D eigenvalue weighted by Gasteiger charge is -2.30. The third kappa shape index (κ3) is 5.55. The lowest BCUT2D eigenvalue weighted by molar-refractivity contribution is -0.150. The second-order valence-corrected chi connectivity index (χ2v) is 5.60. The summed E-state index contributed by atoms with van der Waals surface area (Å²) in [7, 11) is 0. The summed E-state index contributed by atoms with van der Waals surface area (Å²) in [6.07, 6.45) is 3.91. The summed E-state index contributed by atoms with van der Waals surface area (Å²) in [5.41, 5.74) is 0.401. The Labute approximate surface area is 145 Å². The Morgan fingerprint density at radius 1 is 1.28 bits per heavy atom. The van der Waals surface area contributed by atoms with Crippen LogP contribution in [0.3, 0.4) is 0 Å². The molecular weight excluding hydrogens is 332 g/mol. The van der Waals surface area contributed by atoms with E-state index in [0.717, 1.165) is 0 Å². The number of amides is 1. The number of ether oxygens (including phenoxy) is 2. The van der Waals surface area contributed by atoms with Gasteiger partial charge in [-0.25, -0.2) is 0 Å². The first-order valence-corrected chi connectivity index (χ1v) is 8.18. The Balaban J connectivity index is 1.93. The number of likely N-dealkylation sites (tertiary alicyclic amines) is 1. The van der Waals surface area contributed by atoms with E-state index < -0.39 is 6.61 Å². The predicted molar refractivity (Wildman–Crippen MR) is 88.0 cm³/mol. The van der Waals surface area contributed by atoms with Crippen LogP contribution in [0, 0.1) is 5.92 Å². The fourth-order valence-corrected chi connectivity index (χ4v) is 2.68. The maximum absolute atomic E-state index is 12.4. The van der Waals surface area contributed by atoms with Crippen LogP contribution < -0.4 is 4.74 Å². The normalized spacial score (nSPS) is 15.6. The number of carbonyl (C=O) groups excluding carboxylic acids is 2. The largest absolute Gasteiger partial charge is 0.466 e. The fourth-order valence-electron chi connectivity index (χ4n) is 2.68. The molecule has 0 radical (unpaired) electrons. The number of alkyl halides is 2. The number of para-hydroxylation sites is 1. The minimum atomic E-state index is -2.92. The molecule has 7 heteroatoms. The van der Waals surface area contributed by atoms with Gasteiger partial charge in [-0.2, -0.15) is 8.78 Å². The number of carbonyl (C=O) groups is 2. The number of hydrogen-bond donors (Lipinski definition) is 0. The number of rotatable bonds is 6. The van der Waals surface area contributed by atoms with Crippen LogP contribution in [0.5, 0.6) is 5.75 Å². The van der Waals surface area contributed by atoms with Gasteiger partial charge in [0, 0.05) is 24.7 Å². The van der Waals surface area contributed by atoms with E-state index in [4.69, 9.17) is 4.74 Å². The van der Waals surface area contributed by atoms with Crippen molar-refractivity contribution >= 4 is 18.0 Å². The summed E-state index contributed by atoms with van der Waals surface area (Å²) in [4.78, 5) is 25.6. The maximum Gasteiger partial charge on any atom is 0.387 e. The molecule has 0 aliphatic carbocycles. The van der Waals surface area contributed by atoms with E-state index in [1.54, 1.807) is 30.0 Å². The average molecular weight is 353 g/mol. The molecule has 0 N–H and O–H groups in total. The SMILES string of the molecule is CCOC(=O)C1CCN(C(=O)/C=C/c2ccccc2OC(F)F)CC1. The van der Waals surface area contributed by atoms with Gasteiger partial charge < -0.3 is 14.4 Å². The van der Waals surface area contributed by atoms with Gasteiger partial charge in [-0.1, -0.05) is 18.2 Å². The van der Waals surface area contributed by atoms with Crippen LogP contribution in [-0.2, 0) is 14.3 Å². The van der Waals surface area contributed by atoms with Crippen molar-refractivity contribution in [2.45, 2.75) is 26.4 Å². The molecule has 1 aliphatic heterocycles. The number of hydrogen-bond acceptors (Lipinski definition) is 4. The lowest BCUT2D eigenvalue weighted by atomic mass is 9.97. The smallest absolute Gasteiger partial charge is 0.387 e. The van der Waals surface area contributed by atoms with E-state index in [1.165, 1.54) is 18.2 Å². The van der Waals surface area contributed by atoms with Gasteiger partial charge in [-0.05, 0) is 31.9 Å². The monoisotopic (exact) mass is 353 g/mol. The molecule has 2 rings (SSSR count). The number of piperidine rings is 1. The van der Waals surface area contributed by atoms with Gasteiger partial charge in [0.1, 0.15) is 5.75 Å². The summed E-state index contributed by atoms with van der Waals surface area (Å²) in [5.74, 6) is -0.604. The van der Waals surface area contributed by atoms with Crippen LogP contribution in [0.2, 0.25) is 0 Å². The molecule has 1 amide bonds. The molecule has 0 unspecified atom stereocenters. The van der Waals surface area contributed by atoms with Crippen molar-refractivity contribution in [3.63, 3.8) is 0 Å². The Hall–Kier alpha value is -2.44. The molecule has 0 saturated carbocycles. The minimum Gasteiger partial charge on any atom is -0.466 e. The van der Waals surface area contributed by atoms with Crippen molar-refractivity contribution in [2.75, 3.05) is 19.7 Å². The zero-order valence-electron chi connectivity index (χ0n) is 14.0. The minimum absolute atomic E-state index is 0.0163. The van der Waals surface area contributed by atoms with Crippen molar-refractivity contribution in [1.82, 2.24) is 4.90 Å². The maximum atomic E-state index is 12.4. The molecule has 1 fully saturated rings. The van der Waals surface area contributed by atoms with Crippen molar-refractivity contribution < 1.29 is 27.8 Å². The molecular formula is C18H21F2NO4. The molecule has 0 atom stereocenters. The molecule has 136 valence electrons. The molecule has 5 nitrogen and oxygen atoms in total. The first-order valence-electron chi connectivity index (χ1n) is 8.18. The molecule has 0 bridgehead atoms. The number of esters is 1. The standard InChI is InChI=1S/C18H21F2NO4/c1-2-24-17(23)14-9-11-21(12-10-14)16(22)8-7-13-5-3-4-6-15(13)25-18(19)20/h3-8,14,18H,2,9-12H2,1H3/b8-7+. The van der Waals surface area contributed by atoms with E-state index >= 15 is 0 Å². The van der Waals surface area contributed by atoms with Crippen LogP contribution in [-0.4, -0.2) is 43.1 Å². The first kappa shape index (κ1) is 18.9. The van der Waals surface area contributed by atoms with E-state index in [1.807, 2.05) is 0 Å². The molecule has 1 aromatic rings. The highest BCUT2D eigenvalue weighted by Gasteiger charge is 2.27. The van der Waals surface area contributed by atoms with Crippen LogP contribution in [0.15, 0.2) is 30.3 Å². The summed E-state index contributed by atoms with van der Waals surface area (Å²) in [6.45, 7) is 0.105. The van der Waals surface area contributed by atoms with Crippen molar-refractivity contribution in [1.29, 1.82) is 0 Å². The molecule has 0 spiro atoms. The van der Waals surface area contributed by atoms with Gasteiger partial charge in [0.05, 0.1) is 12.5 Å². The van der Waals surface area contributed by atoms with Crippen LogP contribution in [0.25, 0.3) is 6.08 Å². The van der Waals surface area contributed by atoms with E-state index in [2.05, 4.69) is 4.74 Å². The Morgan fingerprint density at radius 2 is 1.96 bits per heavy atom. The third-order valence-electron chi connectivity index (χ3n) is 3.97. The molecule has 0 aromatic heterocycles. The summed E-state index contributed by atoms with van der Waals surface area (Å²) >= 11 is 0. The highest BCUT2D eigenvalue weighted by Crippen LogP contribution is 2.22. The zero-order chi connectivity index (χ0) is 18.2. The highest BCUT2D eigenvalue weighted by atomic mass is 19.3. The van der Waals surface area contributed by atoms with Crippen molar-refractivity contribution in [2.24, 2.45) is 5.92 Å².